The van der Waals surface area contributed by atoms with Crippen molar-refractivity contribution in [3.8, 4) is 0 Å². The summed E-state index contributed by atoms with van der Waals surface area (Å²) >= 11 is 0. The first kappa shape index (κ1) is 12.7. The molecule has 0 bridgehead atoms. The van der Waals surface area contributed by atoms with Gasteiger partial charge in [-0.15, -0.1) is 0 Å². The maximum Gasteiger partial charge on any atom is 0.220 e. The number of amides is 1. The second kappa shape index (κ2) is 5.74. The average Bonchev–Trinajstić information content (AvgIpc) is 2.40. The Morgan fingerprint density at radius 2 is 2.11 bits per heavy atom. The lowest BCUT2D eigenvalue weighted by Crippen LogP contribution is -2.38. The molecule has 18 heavy (non-hydrogen) atoms. The Morgan fingerprint density at radius 3 is 2.61 bits per heavy atom. The van der Waals surface area contributed by atoms with Crippen molar-refractivity contribution >= 4 is 11.7 Å². The number of nitrogens with one attached hydrogen (secondary N) is 1. The van der Waals surface area contributed by atoms with E-state index in [4.69, 9.17) is 11.6 Å². The Kier molecular flexibility index (Phi) is 4.06. The van der Waals surface area contributed by atoms with Crippen LogP contribution in [0.5, 0.6) is 0 Å². The fourth-order valence-electron chi connectivity index (χ4n) is 2.12. The van der Waals surface area contributed by atoms with Crippen LogP contribution in [-0.4, -0.2) is 33.9 Å². The van der Waals surface area contributed by atoms with Gasteiger partial charge in [0, 0.05) is 12.5 Å². The lowest BCUT2D eigenvalue weighted by atomic mass is 9.96. The molecule has 1 fully saturated rings. The molecule has 2 heterocycles. The van der Waals surface area contributed by atoms with Gasteiger partial charge in [0.1, 0.15) is 0 Å². The number of nitrogens with zero attached hydrogens (tertiary/aromatic N) is 3. The molecule has 0 aliphatic carbocycles. The Balaban J connectivity index is 1.85. The minimum atomic E-state index is -0.187. The van der Waals surface area contributed by atoms with Crippen LogP contribution in [0.15, 0.2) is 12.4 Å². The van der Waals surface area contributed by atoms with E-state index < -0.39 is 0 Å². The van der Waals surface area contributed by atoms with Gasteiger partial charge in [-0.25, -0.2) is 10.8 Å². The smallest absolute Gasteiger partial charge is 0.220 e. The number of rotatable bonds is 4. The molecule has 0 saturated carbocycles. The summed E-state index contributed by atoms with van der Waals surface area (Å²) in [7, 11) is 0. The van der Waals surface area contributed by atoms with Crippen molar-refractivity contribution in [3.63, 3.8) is 0 Å². The topological polar surface area (TPSA) is 110 Å². The van der Waals surface area contributed by atoms with E-state index in [-0.39, 0.29) is 11.8 Å². The predicted molar refractivity (Wildman–Crippen MR) is 67.0 cm³/mol. The molecule has 7 heteroatoms. The van der Waals surface area contributed by atoms with E-state index in [1.165, 1.54) is 0 Å². The van der Waals surface area contributed by atoms with Crippen LogP contribution in [0.1, 0.15) is 18.5 Å². The SMILES string of the molecule is NNc1cnc(CN2CCC(C(N)=O)CC2)cn1. The normalized spacial score (nSPS) is 17.6. The average molecular weight is 250 g/mol. The molecule has 5 N–H and O–H groups in total. The van der Waals surface area contributed by atoms with Crippen LogP contribution in [0.25, 0.3) is 0 Å². The number of carbonyl (C=O) groups is 1. The van der Waals surface area contributed by atoms with Crippen LogP contribution in [0.2, 0.25) is 0 Å². The number of carbonyl (C=O) groups excluding carboxylic acids is 1. The minimum Gasteiger partial charge on any atom is -0.369 e. The highest BCUT2D eigenvalue weighted by atomic mass is 16.1. The monoisotopic (exact) mass is 250 g/mol. The number of hydrogen-bond acceptors (Lipinski definition) is 6. The largest absolute Gasteiger partial charge is 0.369 e. The molecule has 0 radical (unpaired) electrons. The second-order valence-electron chi connectivity index (χ2n) is 4.49. The molecule has 0 atom stereocenters. The van der Waals surface area contributed by atoms with E-state index in [2.05, 4.69) is 20.3 Å². The van der Waals surface area contributed by atoms with Crippen LogP contribution in [0.3, 0.4) is 0 Å². The Labute approximate surface area is 106 Å². The van der Waals surface area contributed by atoms with Gasteiger partial charge >= 0.3 is 0 Å². The molecule has 1 aromatic heterocycles. The number of hydrazine groups is 1. The van der Waals surface area contributed by atoms with E-state index in [9.17, 15) is 4.79 Å². The molecule has 1 aliphatic heterocycles. The molecule has 2 rings (SSSR count). The van der Waals surface area contributed by atoms with E-state index >= 15 is 0 Å². The molecule has 98 valence electrons. The molecule has 1 amide bonds. The van der Waals surface area contributed by atoms with Gasteiger partial charge in [-0.2, -0.15) is 0 Å². The number of hydrogen-bond donors (Lipinski definition) is 3. The molecule has 0 unspecified atom stereocenters. The van der Waals surface area contributed by atoms with Gasteiger partial charge in [-0.05, 0) is 25.9 Å². The molecule has 1 aliphatic rings. The highest BCUT2D eigenvalue weighted by Gasteiger charge is 2.23. The number of piperidine rings is 1. The van der Waals surface area contributed by atoms with Crippen LogP contribution < -0.4 is 17.0 Å². The van der Waals surface area contributed by atoms with Crippen molar-refractivity contribution in [2.24, 2.45) is 17.5 Å². The van der Waals surface area contributed by atoms with Crippen LogP contribution in [0.4, 0.5) is 5.82 Å². The summed E-state index contributed by atoms with van der Waals surface area (Å²) in [6.45, 7) is 2.47. The molecule has 7 nitrogen and oxygen atoms in total. The summed E-state index contributed by atoms with van der Waals surface area (Å²) in [5, 5.41) is 0. The highest BCUT2D eigenvalue weighted by molar-refractivity contribution is 5.76. The molecule has 1 saturated heterocycles. The summed E-state index contributed by atoms with van der Waals surface area (Å²) in [4.78, 5) is 21.7. The van der Waals surface area contributed by atoms with Crippen molar-refractivity contribution in [1.82, 2.24) is 14.9 Å². The third-order valence-electron chi connectivity index (χ3n) is 3.23. The van der Waals surface area contributed by atoms with Crippen molar-refractivity contribution in [2.75, 3.05) is 18.5 Å². The summed E-state index contributed by atoms with van der Waals surface area (Å²) in [5.74, 6) is 5.61. The van der Waals surface area contributed by atoms with Gasteiger partial charge < -0.3 is 11.2 Å². The van der Waals surface area contributed by atoms with E-state index in [0.29, 0.717) is 5.82 Å². The number of primary amides is 1. The lowest BCUT2D eigenvalue weighted by Gasteiger charge is -2.29. The van der Waals surface area contributed by atoms with Crippen LogP contribution in [0, 0.1) is 5.92 Å². The van der Waals surface area contributed by atoms with E-state index in [0.717, 1.165) is 38.2 Å². The Morgan fingerprint density at radius 1 is 1.39 bits per heavy atom. The number of nitrogen functional groups attached to an aromatic ring is 1. The number of likely N-dealkylation sites (tertiary alicyclic amines) is 1. The fraction of sp³-hybridized carbons (Fsp3) is 0.545. The summed E-state index contributed by atoms with van der Waals surface area (Å²) in [5.41, 5.74) is 8.63. The number of anilines is 1. The van der Waals surface area contributed by atoms with Gasteiger partial charge in [0.2, 0.25) is 5.91 Å². The van der Waals surface area contributed by atoms with Gasteiger partial charge in [-0.3, -0.25) is 14.7 Å². The minimum absolute atomic E-state index is 0.0242. The number of nitrogens with two attached hydrogens (primary N) is 2. The van der Waals surface area contributed by atoms with E-state index in [1.54, 1.807) is 12.4 Å². The van der Waals surface area contributed by atoms with Crippen LogP contribution in [-0.2, 0) is 11.3 Å². The maximum atomic E-state index is 11.1. The first-order valence-electron chi connectivity index (χ1n) is 5.98. The molecule has 1 aromatic rings. The first-order chi connectivity index (χ1) is 8.69. The zero-order chi connectivity index (χ0) is 13.0. The van der Waals surface area contributed by atoms with Crippen molar-refractivity contribution in [3.05, 3.63) is 18.1 Å². The molecular formula is C11H18N6O. The van der Waals surface area contributed by atoms with Gasteiger partial charge in [0.15, 0.2) is 5.82 Å². The van der Waals surface area contributed by atoms with Crippen molar-refractivity contribution in [1.29, 1.82) is 0 Å². The Hall–Kier alpha value is -1.73. The van der Waals surface area contributed by atoms with Crippen molar-refractivity contribution in [2.45, 2.75) is 19.4 Å². The van der Waals surface area contributed by atoms with Crippen molar-refractivity contribution < 1.29 is 4.79 Å². The summed E-state index contributed by atoms with van der Waals surface area (Å²) < 4.78 is 0. The van der Waals surface area contributed by atoms with Crippen LogP contribution >= 0.6 is 0 Å². The standard InChI is InChI=1S/C11H18N6O/c12-11(18)8-1-3-17(4-2-8)7-9-5-15-10(16-13)6-14-9/h5-6,8H,1-4,7,13H2,(H2,12,18)(H,15,16). The molecule has 0 aromatic carbocycles. The third-order valence-corrected chi connectivity index (χ3v) is 3.23. The highest BCUT2D eigenvalue weighted by Crippen LogP contribution is 2.17. The molecule has 0 spiro atoms. The summed E-state index contributed by atoms with van der Waals surface area (Å²) in [6.07, 6.45) is 4.96. The van der Waals surface area contributed by atoms with Gasteiger partial charge in [0.25, 0.3) is 0 Å². The first-order valence-corrected chi connectivity index (χ1v) is 5.98. The van der Waals surface area contributed by atoms with Gasteiger partial charge in [0.05, 0.1) is 18.1 Å². The zero-order valence-electron chi connectivity index (χ0n) is 10.2. The second-order valence-corrected chi connectivity index (χ2v) is 4.49. The van der Waals surface area contributed by atoms with E-state index in [1.807, 2.05) is 0 Å². The summed E-state index contributed by atoms with van der Waals surface area (Å²) in [6, 6.07) is 0. The Bertz CT molecular complexity index is 398. The zero-order valence-corrected chi connectivity index (χ0v) is 10.2. The third kappa shape index (κ3) is 3.14. The van der Waals surface area contributed by atoms with Gasteiger partial charge in [-0.1, -0.05) is 0 Å². The number of aromatic nitrogens is 2. The maximum absolute atomic E-state index is 11.1. The quantitative estimate of drug-likeness (QED) is 0.489. The lowest BCUT2D eigenvalue weighted by molar-refractivity contribution is -0.123. The predicted octanol–water partition coefficient (Wildman–Crippen LogP) is -0.540. The molecular weight excluding hydrogens is 232 g/mol. The fourth-order valence-corrected chi connectivity index (χ4v) is 2.12.